The van der Waals surface area contributed by atoms with Crippen LogP contribution in [0.3, 0.4) is 0 Å². The van der Waals surface area contributed by atoms with Crippen molar-refractivity contribution >= 4 is 10.0 Å². The Labute approximate surface area is 119 Å². The standard InChI is InChI=1S/C14H19NO4S/c1-10(13-3-2-7-18-13)15-20(16,17)12-4-5-14-11(9-12)6-8-19-14/h4-5,9-10,13,15H,2-3,6-8H2,1H3/t10-,13-/m0/s1. The molecule has 2 atom stereocenters. The van der Waals surface area contributed by atoms with Crippen LogP contribution >= 0.6 is 0 Å². The molecule has 0 saturated carbocycles. The van der Waals surface area contributed by atoms with Gasteiger partial charge in [0.05, 0.1) is 17.6 Å². The molecule has 1 saturated heterocycles. The van der Waals surface area contributed by atoms with Crippen LogP contribution in [0.5, 0.6) is 5.75 Å². The van der Waals surface area contributed by atoms with Gasteiger partial charge in [0, 0.05) is 19.1 Å². The number of nitrogens with one attached hydrogen (secondary N) is 1. The van der Waals surface area contributed by atoms with Crippen molar-refractivity contribution in [3.63, 3.8) is 0 Å². The molecule has 1 aromatic carbocycles. The Morgan fingerprint density at radius 1 is 1.35 bits per heavy atom. The third-order valence-corrected chi connectivity index (χ3v) is 5.39. The van der Waals surface area contributed by atoms with Gasteiger partial charge in [0.15, 0.2) is 0 Å². The first kappa shape index (κ1) is 13.9. The zero-order chi connectivity index (χ0) is 14.2. The van der Waals surface area contributed by atoms with Gasteiger partial charge in [-0.05, 0) is 43.5 Å². The van der Waals surface area contributed by atoms with Crippen molar-refractivity contribution in [2.75, 3.05) is 13.2 Å². The van der Waals surface area contributed by atoms with Crippen molar-refractivity contribution in [2.24, 2.45) is 0 Å². The molecule has 0 amide bonds. The van der Waals surface area contributed by atoms with Gasteiger partial charge in [-0.15, -0.1) is 0 Å². The lowest BCUT2D eigenvalue weighted by Gasteiger charge is -2.20. The van der Waals surface area contributed by atoms with Crippen molar-refractivity contribution in [2.45, 2.75) is 43.2 Å². The highest BCUT2D eigenvalue weighted by atomic mass is 32.2. The summed E-state index contributed by atoms with van der Waals surface area (Å²) in [4.78, 5) is 0.298. The first-order chi connectivity index (χ1) is 9.56. The molecule has 2 aliphatic heterocycles. The predicted octanol–water partition coefficient (Wildman–Crippen LogP) is 1.47. The number of benzene rings is 1. The number of ether oxygens (including phenoxy) is 2. The molecule has 1 fully saturated rings. The third kappa shape index (κ3) is 2.68. The predicted molar refractivity (Wildman–Crippen MR) is 74.4 cm³/mol. The highest BCUT2D eigenvalue weighted by Crippen LogP contribution is 2.28. The van der Waals surface area contributed by atoms with E-state index in [0.717, 1.165) is 30.6 Å². The van der Waals surface area contributed by atoms with Gasteiger partial charge in [-0.3, -0.25) is 0 Å². The van der Waals surface area contributed by atoms with E-state index in [1.54, 1.807) is 18.2 Å². The summed E-state index contributed by atoms with van der Waals surface area (Å²) in [6.07, 6.45) is 2.64. The second-order valence-corrected chi connectivity index (χ2v) is 7.04. The monoisotopic (exact) mass is 297 g/mol. The number of sulfonamides is 1. The quantitative estimate of drug-likeness (QED) is 0.914. The van der Waals surface area contributed by atoms with Gasteiger partial charge in [0.2, 0.25) is 10.0 Å². The minimum Gasteiger partial charge on any atom is -0.493 e. The van der Waals surface area contributed by atoms with E-state index in [1.807, 2.05) is 6.92 Å². The van der Waals surface area contributed by atoms with E-state index in [2.05, 4.69) is 4.72 Å². The fraction of sp³-hybridized carbons (Fsp3) is 0.571. The van der Waals surface area contributed by atoms with E-state index in [0.29, 0.717) is 18.1 Å². The molecule has 2 heterocycles. The van der Waals surface area contributed by atoms with E-state index < -0.39 is 10.0 Å². The van der Waals surface area contributed by atoms with Gasteiger partial charge in [0.1, 0.15) is 5.75 Å². The number of hydrogen-bond acceptors (Lipinski definition) is 4. The van der Waals surface area contributed by atoms with Crippen molar-refractivity contribution in [1.82, 2.24) is 4.72 Å². The fourth-order valence-electron chi connectivity index (χ4n) is 2.72. The summed E-state index contributed by atoms with van der Waals surface area (Å²) in [5.74, 6) is 0.788. The molecule has 0 aliphatic carbocycles. The fourth-order valence-corrected chi connectivity index (χ4v) is 4.04. The van der Waals surface area contributed by atoms with Crippen molar-refractivity contribution < 1.29 is 17.9 Å². The molecule has 0 radical (unpaired) electrons. The van der Waals surface area contributed by atoms with Crippen LogP contribution in [0.25, 0.3) is 0 Å². The van der Waals surface area contributed by atoms with Crippen molar-refractivity contribution in [3.05, 3.63) is 23.8 Å². The van der Waals surface area contributed by atoms with Gasteiger partial charge in [-0.1, -0.05) is 0 Å². The molecule has 0 aromatic heterocycles. The number of rotatable bonds is 4. The summed E-state index contributed by atoms with van der Waals surface area (Å²) in [6, 6.07) is 4.81. The molecule has 2 aliphatic rings. The van der Waals surface area contributed by atoms with Gasteiger partial charge < -0.3 is 9.47 Å². The maximum Gasteiger partial charge on any atom is 0.240 e. The SMILES string of the molecule is C[C@H](NS(=O)(=O)c1ccc2c(c1)CCO2)[C@@H]1CCCO1. The minimum absolute atomic E-state index is 0.0254. The Kier molecular flexibility index (Phi) is 3.70. The van der Waals surface area contributed by atoms with Crippen LogP contribution in [0.1, 0.15) is 25.3 Å². The number of hydrogen-bond donors (Lipinski definition) is 1. The molecule has 1 aromatic rings. The Bertz CT molecular complexity index is 593. The van der Waals surface area contributed by atoms with Crippen LogP contribution in [-0.4, -0.2) is 33.8 Å². The molecular formula is C14H19NO4S. The third-order valence-electron chi connectivity index (χ3n) is 3.83. The highest BCUT2D eigenvalue weighted by molar-refractivity contribution is 7.89. The summed E-state index contributed by atoms with van der Waals surface area (Å²) in [5, 5.41) is 0. The molecule has 6 heteroatoms. The van der Waals surface area contributed by atoms with Crippen LogP contribution in [0.2, 0.25) is 0 Å². The molecule has 1 N–H and O–H groups in total. The van der Waals surface area contributed by atoms with E-state index >= 15 is 0 Å². The van der Waals surface area contributed by atoms with Crippen LogP contribution in [-0.2, 0) is 21.2 Å². The lowest BCUT2D eigenvalue weighted by Crippen LogP contribution is -2.40. The van der Waals surface area contributed by atoms with E-state index in [1.165, 1.54) is 0 Å². The van der Waals surface area contributed by atoms with Gasteiger partial charge in [-0.25, -0.2) is 13.1 Å². The van der Waals surface area contributed by atoms with E-state index in [4.69, 9.17) is 9.47 Å². The summed E-state index contributed by atoms with van der Waals surface area (Å²) >= 11 is 0. The molecular weight excluding hydrogens is 278 g/mol. The largest absolute Gasteiger partial charge is 0.493 e. The highest BCUT2D eigenvalue weighted by Gasteiger charge is 2.27. The van der Waals surface area contributed by atoms with E-state index in [-0.39, 0.29) is 12.1 Å². The maximum absolute atomic E-state index is 12.4. The zero-order valence-corrected chi connectivity index (χ0v) is 12.3. The molecule has 0 bridgehead atoms. The summed E-state index contributed by atoms with van der Waals surface area (Å²) in [5.41, 5.74) is 0.956. The molecule has 110 valence electrons. The minimum atomic E-state index is -3.50. The molecule has 0 spiro atoms. The Morgan fingerprint density at radius 3 is 2.95 bits per heavy atom. The lowest BCUT2D eigenvalue weighted by molar-refractivity contribution is 0.0902. The average molecular weight is 297 g/mol. The van der Waals surface area contributed by atoms with E-state index in [9.17, 15) is 8.42 Å². The molecule has 0 unspecified atom stereocenters. The molecule has 20 heavy (non-hydrogen) atoms. The second-order valence-electron chi connectivity index (χ2n) is 5.33. The van der Waals surface area contributed by atoms with Crippen LogP contribution in [0.4, 0.5) is 0 Å². The van der Waals surface area contributed by atoms with Crippen molar-refractivity contribution in [3.8, 4) is 5.75 Å². The first-order valence-corrected chi connectivity index (χ1v) is 8.44. The average Bonchev–Trinajstić information content (AvgIpc) is 3.08. The second kappa shape index (κ2) is 5.35. The Hall–Kier alpha value is -1.11. The van der Waals surface area contributed by atoms with Crippen molar-refractivity contribution in [1.29, 1.82) is 0 Å². The van der Waals surface area contributed by atoms with Gasteiger partial charge in [0.25, 0.3) is 0 Å². The molecule has 5 nitrogen and oxygen atoms in total. The Morgan fingerprint density at radius 2 is 2.20 bits per heavy atom. The smallest absolute Gasteiger partial charge is 0.240 e. The summed E-state index contributed by atoms with van der Waals surface area (Å²) in [6.45, 7) is 3.19. The van der Waals surface area contributed by atoms with Gasteiger partial charge >= 0.3 is 0 Å². The van der Waals surface area contributed by atoms with Crippen LogP contribution in [0.15, 0.2) is 23.1 Å². The zero-order valence-electron chi connectivity index (χ0n) is 11.5. The van der Waals surface area contributed by atoms with Crippen LogP contribution < -0.4 is 9.46 Å². The van der Waals surface area contributed by atoms with Gasteiger partial charge in [-0.2, -0.15) is 0 Å². The first-order valence-electron chi connectivity index (χ1n) is 6.96. The summed E-state index contributed by atoms with van der Waals surface area (Å²) < 4.78 is 38.4. The molecule has 3 rings (SSSR count). The maximum atomic E-state index is 12.4. The van der Waals surface area contributed by atoms with Crippen LogP contribution in [0, 0.1) is 0 Å². The normalized spacial score (nSPS) is 23.4. The lowest BCUT2D eigenvalue weighted by atomic mass is 10.1. The number of fused-ring (bicyclic) bond motifs is 1. The Balaban J connectivity index is 1.77. The topological polar surface area (TPSA) is 64.6 Å². The summed E-state index contributed by atoms with van der Waals surface area (Å²) in [7, 11) is -3.50.